The lowest BCUT2D eigenvalue weighted by atomic mass is 10.0. The van der Waals surface area contributed by atoms with Gasteiger partial charge in [-0.15, -0.1) is 0 Å². The maximum atomic E-state index is 11.9. The molecule has 0 bridgehead atoms. The quantitative estimate of drug-likeness (QED) is 0.727. The van der Waals surface area contributed by atoms with Crippen LogP contribution in [0.3, 0.4) is 0 Å². The van der Waals surface area contributed by atoms with Crippen LogP contribution in [-0.4, -0.2) is 20.6 Å². The van der Waals surface area contributed by atoms with Gasteiger partial charge < -0.3 is 10.1 Å². The highest BCUT2D eigenvalue weighted by molar-refractivity contribution is 6.22. The van der Waals surface area contributed by atoms with Crippen LogP contribution >= 0.6 is 0 Å². The van der Waals surface area contributed by atoms with E-state index in [1.165, 1.54) is 0 Å². The van der Waals surface area contributed by atoms with Crippen molar-refractivity contribution in [2.75, 3.05) is 12.2 Å². The van der Waals surface area contributed by atoms with Gasteiger partial charge in [0.05, 0.1) is 5.69 Å². The number of carbonyl (C=O) groups excluding carboxylic acids is 1. The summed E-state index contributed by atoms with van der Waals surface area (Å²) in [6.07, 6.45) is 0.379. The monoisotopic (exact) mass is 195 g/mol. The average molecular weight is 195 g/mol. The largest absolute Gasteiger partial charge is 0.461 e. The zero-order valence-electron chi connectivity index (χ0n) is 7.92. The van der Waals surface area contributed by atoms with E-state index in [1.54, 1.807) is 32.1 Å². The van der Waals surface area contributed by atoms with Gasteiger partial charge in [0, 0.05) is 0 Å². The number of anilines is 1. The molecule has 0 aliphatic rings. The van der Waals surface area contributed by atoms with Gasteiger partial charge in [-0.2, -0.15) is 0 Å². The summed E-state index contributed by atoms with van der Waals surface area (Å²) in [7, 11) is 1.74. The van der Waals surface area contributed by atoms with Crippen molar-refractivity contribution >= 4 is 19.4 Å². The Morgan fingerprint density at radius 1 is 1.50 bits per heavy atom. The summed E-state index contributed by atoms with van der Waals surface area (Å²) < 4.78 is 16.6. The van der Waals surface area contributed by atoms with E-state index in [4.69, 9.17) is 4.74 Å². The van der Waals surface area contributed by atoms with Crippen LogP contribution in [0.5, 0.6) is 5.75 Å². The topological polar surface area (TPSA) is 38.3 Å². The van der Waals surface area contributed by atoms with Crippen LogP contribution in [0.25, 0.3) is 0 Å². The van der Waals surface area contributed by atoms with Crippen LogP contribution in [0.2, 0.25) is 6.32 Å². The number of alkyl halides is 1. The molecule has 0 atom stereocenters. The number of carbonyl (C=O) groups is 1. The molecule has 74 valence electrons. The summed E-state index contributed by atoms with van der Waals surface area (Å²) in [5.41, 5.74) is 0.497. The summed E-state index contributed by atoms with van der Waals surface area (Å²) in [5, 5.41) is 2.61. The molecule has 1 aromatic rings. The fourth-order valence-corrected chi connectivity index (χ4v) is 0.993. The van der Waals surface area contributed by atoms with Crippen molar-refractivity contribution in [3.63, 3.8) is 0 Å². The molecule has 0 radical (unpaired) electrons. The summed E-state index contributed by atoms with van der Waals surface area (Å²) >= 11 is 0. The van der Waals surface area contributed by atoms with E-state index < -0.39 is 6.86 Å². The molecular weight excluding hydrogens is 184 g/mol. The molecule has 0 saturated heterocycles. The van der Waals surface area contributed by atoms with E-state index in [0.717, 1.165) is 0 Å². The Morgan fingerprint density at radius 3 is 2.86 bits per heavy atom. The molecule has 1 aromatic carbocycles. The zero-order valence-corrected chi connectivity index (χ0v) is 7.92. The number of hydrogen-bond acceptors (Lipinski definition) is 2. The lowest BCUT2D eigenvalue weighted by molar-refractivity contribution is -0.114. The highest BCUT2D eigenvalue weighted by atomic mass is 19.1. The van der Waals surface area contributed by atoms with Crippen molar-refractivity contribution < 1.29 is 13.9 Å². The van der Waals surface area contributed by atoms with Crippen molar-refractivity contribution in [1.29, 1.82) is 0 Å². The normalized spacial score (nSPS) is 9.50. The Hall–Kier alpha value is -1.52. The lowest BCUT2D eigenvalue weighted by Gasteiger charge is -2.09. The number of hydrogen-bond donors (Lipinski definition) is 1. The van der Waals surface area contributed by atoms with E-state index in [-0.39, 0.29) is 5.91 Å². The lowest BCUT2D eigenvalue weighted by Crippen LogP contribution is -2.11. The average Bonchev–Trinajstić information content (AvgIpc) is 2.21. The van der Waals surface area contributed by atoms with Crippen molar-refractivity contribution in [2.24, 2.45) is 0 Å². The molecule has 0 spiro atoms. The molecule has 0 unspecified atom stereocenters. The highest BCUT2D eigenvalue weighted by Crippen LogP contribution is 2.23. The molecule has 0 fully saturated rings. The van der Waals surface area contributed by atoms with E-state index >= 15 is 0 Å². The first-order chi connectivity index (χ1) is 6.77. The third-order valence-corrected chi connectivity index (χ3v) is 1.69. The first-order valence-corrected chi connectivity index (χ1v) is 4.35. The third-order valence-electron chi connectivity index (χ3n) is 1.69. The number of ether oxygens (including phenoxy) is 1. The van der Waals surface area contributed by atoms with Crippen molar-refractivity contribution in [1.82, 2.24) is 0 Å². The maximum Gasteiger partial charge on any atom is 0.228 e. The van der Waals surface area contributed by atoms with Crippen molar-refractivity contribution in [2.45, 2.75) is 6.32 Å². The van der Waals surface area contributed by atoms with E-state index in [9.17, 15) is 9.18 Å². The van der Waals surface area contributed by atoms with Gasteiger partial charge in [-0.3, -0.25) is 4.79 Å². The van der Waals surface area contributed by atoms with E-state index in [1.807, 2.05) is 0 Å². The summed E-state index contributed by atoms with van der Waals surface area (Å²) in [6.45, 7) is -0.904. The molecule has 0 aromatic heterocycles. The molecule has 14 heavy (non-hydrogen) atoms. The van der Waals surface area contributed by atoms with Crippen LogP contribution in [0.4, 0.5) is 10.1 Å². The third kappa shape index (κ3) is 2.76. The number of nitrogens with one attached hydrogen (secondary N) is 1. The molecule has 0 aliphatic carbocycles. The minimum absolute atomic E-state index is 0.125. The molecule has 1 N–H and O–H groups in total. The van der Waals surface area contributed by atoms with Gasteiger partial charge in [0.15, 0.2) is 0 Å². The van der Waals surface area contributed by atoms with Crippen LogP contribution in [-0.2, 0) is 4.79 Å². The smallest absolute Gasteiger partial charge is 0.228 e. The molecule has 1 rings (SSSR count). The van der Waals surface area contributed by atoms with Crippen molar-refractivity contribution in [3.05, 3.63) is 24.3 Å². The first kappa shape index (κ1) is 10.6. The van der Waals surface area contributed by atoms with E-state index in [2.05, 4.69) is 5.32 Å². The fraction of sp³-hybridized carbons (Fsp3) is 0.222. The zero-order chi connectivity index (χ0) is 10.4. The minimum atomic E-state index is -0.904. The molecular formula is C9H11BFNO2. The predicted octanol–water partition coefficient (Wildman–Crippen LogP) is 0.982. The molecule has 1 amide bonds. The van der Waals surface area contributed by atoms with Gasteiger partial charge in [-0.1, -0.05) is 12.1 Å². The van der Waals surface area contributed by atoms with Crippen LogP contribution in [0.15, 0.2) is 24.3 Å². The Morgan fingerprint density at radius 2 is 2.21 bits per heavy atom. The van der Waals surface area contributed by atoms with Gasteiger partial charge in [0.25, 0.3) is 0 Å². The minimum Gasteiger partial charge on any atom is -0.461 e. The van der Waals surface area contributed by atoms with Crippen molar-refractivity contribution in [3.8, 4) is 5.75 Å². The van der Waals surface area contributed by atoms with Gasteiger partial charge in [-0.25, -0.2) is 4.39 Å². The predicted molar refractivity (Wildman–Crippen MR) is 55.0 cm³/mol. The van der Waals surface area contributed by atoms with Crippen LogP contribution in [0, 0.1) is 0 Å². The highest BCUT2D eigenvalue weighted by Gasteiger charge is 2.04. The van der Waals surface area contributed by atoms with Gasteiger partial charge >= 0.3 is 0 Å². The number of amides is 1. The van der Waals surface area contributed by atoms with Gasteiger partial charge in [-0.05, 0) is 18.5 Å². The molecule has 0 aliphatic heterocycles. The number of halogens is 1. The molecule has 5 heteroatoms. The maximum absolute atomic E-state index is 11.9. The standard InChI is InChI=1S/C9H11BFNO2/c10-5-9(13)12-7-3-1-2-4-8(7)14-6-11/h1-4H,5-6,10H2,(H,12,13). The van der Waals surface area contributed by atoms with Crippen LogP contribution in [0.1, 0.15) is 0 Å². The fourth-order valence-electron chi connectivity index (χ4n) is 0.993. The second-order valence-corrected chi connectivity index (χ2v) is 2.65. The Bertz CT molecular complexity index is 319. The van der Waals surface area contributed by atoms with Gasteiger partial charge in [0.2, 0.25) is 12.8 Å². The molecule has 3 nitrogen and oxygen atoms in total. The Balaban J connectivity index is 2.78. The number of benzene rings is 1. The SMILES string of the molecule is BCC(=O)Nc1ccccc1OCF. The summed E-state index contributed by atoms with van der Waals surface area (Å²) in [6, 6.07) is 6.73. The van der Waals surface area contributed by atoms with E-state index in [0.29, 0.717) is 17.8 Å². The van der Waals surface area contributed by atoms with Gasteiger partial charge in [0.1, 0.15) is 13.6 Å². The Labute approximate surface area is 82.7 Å². The summed E-state index contributed by atoms with van der Waals surface area (Å²) in [5.74, 6) is 0.219. The molecule has 0 heterocycles. The molecule has 0 saturated carbocycles. The Kier molecular flexibility index (Phi) is 3.97. The second-order valence-electron chi connectivity index (χ2n) is 2.65. The summed E-state index contributed by atoms with van der Waals surface area (Å²) in [4.78, 5) is 11.1. The second kappa shape index (κ2) is 5.27. The number of rotatable bonds is 4. The van der Waals surface area contributed by atoms with Crippen LogP contribution < -0.4 is 10.1 Å². The first-order valence-electron chi connectivity index (χ1n) is 4.35. The number of para-hydroxylation sites is 2.